The van der Waals surface area contributed by atoms with Gasteiger partial charge in [-0.2, -0.15) is 0 Å². The lowest BCUT2D eigenvalue weighted by Crippen LogP contribution is -2.13. The van der Waals surface area contributed by atoms with Gasteiger partial charge in [0.05, 0.1) is 19.8 Å². The van der Waals surface area contributed by atoms with Crippen LogP contribution in [0.3, 0.4) is 0 Å². The minimum absolute atomic E-state index is 0.178. The third-order valence-corrected chi connectivity index (χ3v) is 3.41. The Labute approximate surface area is 120 Å². The number of benzene rings is 2. The standard InChI is InChI=1S/C17H21NO2/c1-19-12-11-13-7-9-14(10-8-13)17(18)15-5-3-4-6-16(15)20-2/h3-10,17H,11-12,18H2,1-2H3. The first-order valence-electron chi connectivity index (χ1n) is 6.72. The lowest BCUT2D eigenvalue weighted by Gasteiger charge is -2.16. The third-order valence-electron chi connectivity index (χ3n) is 3.41. The fraction of sp³-hybridized carbons (Fsp3) is 0.294. The summed E-state index contributed by atoms with van der Waals surface area (Å²) in [7, 11) is 3.38. The lowest BCUT2D eigenvalue weighted by molar-refractivity contribution is 0.202. The number of hydrogen-bond donors (Lipinski definition) is 1. The highest BCUT2D eigenvalue weighted by atomic mass is 16.5. The smallest absolute Gasteiger partial charge is 0.123 e. The van der Waals surface area contributed by atoms with Gasteiger partial charge in [0.2, 0.25) is 0 Å². The van der Waals surface area contributed by atoms with Gasteiger partial charge in [0.15, 0.2) is 0 Å². The van der Waals surface area contributed by atoms with E-state index in [4.69, 9.17) is 15.2 Å². The maximum Gasteiger partial charge on any atom is 0.123 e. The molecule has 0 saturated carbocycles. The molecule has 2 aromatic carbocycles. The molecule has 0 aliphatic heterocycles. The van der Waals surface area contributed by atoms with Crippen LogP contribution in [0.4, 0.5) is 0 Å². The van der Waals surface area contributed by atoms with Gasteiger partial charge in [0.25, 0.3) is 0 Å². The first-order chi connectivity index (χ1) is 9.76. The maximum atomic E-state index is 6.34. The van der Waals surface area contributed by atoms with E-state index in [9.17, 15) is 0 Å². The zero-order chi connectivity index (χ0) is 14.4. The summed E-state index contributed by atoms with van der Waals surface area (Å²) in [5, 5.41) is 0. The van der Waals surface area contributed by atoms with Gasteiger partial charge in [-0.3, -0.25) is 0 Å². The number of methoxy groups -OCH3 is 2. The molecule has 1 atom stereocenters. The minimum atomic E-state index is -0.178. The Bertz CT molecular complexity index is 537. The quantitative estimate of drug-likeness (QED) is 0.878. The van der Waals surface area contributed by atoms with Gasteiger partial charge in [-0.05, 0) is 23.6 Å². The molecule has 2 N–H and O–H groups in total. The fourth-order valence-electron chi connectivity index (χ4n) is 2.21. The van der Waals surface area contributed by atoms with Crippen LogP contribution >= 0.6 is 0 Å². The predicted molar refractivity (Wildman–Crippen MR) is 81.0 cm³/mol. The van der Waals surface area contributed by atoms with Gasteiger partial charge >= 0.3 is 0 Å². The molecule has 0 aromatic heterocycles. The largest absolute Gasteiger partial charge is 0.496 e. The number of nitrogens with two attached hydrogens (primary N) is 1. The van der Waals surface area contributed by atoms with Crippen LogP contribution in [0.5, 0.6) is 5.75 Å². The Morgan fingerprint density at radius 2 is 1.70 bits per heavy atom. The van der Waals surface area contributed by atoms with Crippen molar-refractivity contribution in [2.45, 2.75) is 12.5 Å². The van der Waals surface area contributed by atoms with Crippen molar-refractivity contribution in [3.8, 4) is 5.75 Å². The minimum Gasteiger partial charge on any atom is -0.496 e. The van der Waals surface area contributed by atoms with Crippen molar-refractivity contribution in [1.82, 2.24) is 0 Å². The van der Waals surface area contributed by atoms with Gasteiger partial charge < -0.3 is 15.2 Å². The molecule has 0 spiro atoms. The highest BCUT2D eigenvalue weighted by Gasteiger charge is 2.13. The lowest BCUT2D eigenvalue weighted by atomic mass is 9.97. The molecule has 0 fully saturated rings. The van der Waals surface area contributed by atoms with Crippen LogP contribution in [0.25, 0.3) is 0 Å². The van der Waals surface area contributed by atoms with E-state index in [0.717, 1.165) is 29.9 Å². The molecule has 0 heterocycles. The van der Waals surface area contributed by atoms with Gasteiger partial charge in [0.1, 0.15) is 5.75 Å². The van der Waals surface area contributed by atoms with E-state index in [1.807, 2.05) is 24.3 Å². The zero-order valence-corrected chi connectivity index (χ0v) is 12.0. The second kappa shape index (κ2) is 7.08. The molecule has 2 aromatic rings. The first-order valence-corrected chi connectivity index (χ1v) is 6.72. The third kappa shape index (κ3) is 3.38. The molecule has 0 aliphatic rings. The van der Waals surface area contributed by atoms with Crippen molar-refractivity contribution in [2.75, 3.05) is 20.8 Å². The second-order valence-electron chi connectivity index (χ2n) is 4.70. The van der Waals surface area contributed by atoms with E-state index in [-0.39, 0.29) is 6.04 Å². The number of hydrogen-bond acceptors (Lipinski definition) is 3. The molecule has 0 aliphatic carbocycles. The van der Waals surface area contributed by atoms with Gasteiger partial charge in [-0.1, -0.05) is 42.5 Å². The summed E-state index contributed by atoms with van der Waals surface area (Å²) in [6.45, 7) is 0.734. The topological polar surface area (TPSA) is 44.5 Å². The summed E-state index contributed by atoms with van der Waals surface area (Å²) in [5.74, 6) is 0.823. The number of rotatable bonds is 6. The molecule has 20 heavy (non-hydrogen) atoms. The van der Waals surface area contributed by atoms with E-state index in [0.29, 0.717) is 0 Å². The van der Waals surface area contributed by atoms with E-state index < -0.39 is 0 Å². The van der Waals surface area contributed by atoms with Crippen LogP contribution in [0.15, 0.2) is 48.5 Å². The summed E-state index contributed by atoms with van der Waals surface area (Å²) in [6.07, 6.45) is 0.917. The van der Waals surface area contributed by atoms with Crippen LogP contribution in [-0.4, -0.2) is 20.8 Å². The van der Waals surface area contributed by atoms with Gasteiger partial charge in [-0.15, -0.1) is 0 Å². The normalized spacial score (nSPS) is 12.2. The Balaban J connectivity index is 2.18. The number of ether oxygens (including phenoxy) is 2. The summed E-state index contributed by atoms with van der Waals surface area (Å²) in [5.41, 5.74) is 9.67. The molecule has 2 rings (SSSR count). The van der Waals surface area contributed by atoms with Crippen molar-refractivity contribution < 1.29 is 9.47 Å². The summed E-state index contributed by atoms with van der Waals surface area (Å²) >= 11 is 0. The van der Waals surface area contributed by atoms with Crippen molar-refractivity contribution in [1.29, 1.82) is 0 Å². The second-order valence-corrected chi connectivity index (χ2v) is 4.70. The highest BCUT2D eigenvalue weighted by Crippen LogP contribution is 2.28. The van der Waals surface area contributed by atoms with Gasteiger partial charge in [-0.25, -0.2) is 0 Å². The highest BCUT2D eigenvalue weighted by molar-refractivity contribution is 5.41. The fourth-order valence-corrected chi connectivity index (χ4v) is 2.21. The van der Waals surface area contributed by atoms with Crippen LogP contribution < -0.4 is 10.5 Å². The van der Waals surface area contributed by atoms with Crippen LogP contribution in [-0.2, 0) is 11.2 Å². The zero-order valence-electron chi connectivity index (χ0n) is 12.0. The van der Waals surface area contributed by atoms with Crippen molar-refractivity contribution in [3.63, 3.8) is 0 Å². The molecule has 106 valence electrons. The van der Waals surface area contributed by atoms with Crippen LogP contribution in [0, 0.1) is 0 Å². The summed E-state index contributed by atoms with van der Waals surface area (Å²) in [6, 6.07) is 16.0. The molecular formula is C17H21NO2. The maximum absolute atomic E-state index is 6.34. The van der Waals surface area contributed by atoms with E-state index in [1.54, 1.807) is 14.2 Å². The van der Waals surface area contributed by atoms with E-state index in [2.05, 4.69) is 24.3 Å². The molecule has 0 saturated heterocycles. The first kappa shape index (κ1) is 14.6. The van der Waals surface area contributed by atoms with Crippen molar-refractivity contribution >= 4 is 0 Å². The molecular weight excluding hydrogens is 250 g/mol. The Morgan fingerprint density at radius 3 is 2.35 bits per heavy atom. The molecule has 0 radical (unpaired) electrons. The van der Waals surface area contributed by atoms with Crippen molar-refractivity contribution in [2.24, 2.45) is 5.73 Å². The van der Waals surface area contributed by atoms with Gasteiger partial charge in [0, 0.05) is 12.7 Å². The number of para-hydroxylation sites is 1. The van der Waals surface area contributed by atoms with Crippen LogP contribution in [0.1, 0.15) is 22.7 Å². The molecule has 3 nitrogen and oxygen atoms in total. The predicted octanol–water partition coefficient (Wildman–Crippen LogP) is 2.93. The molecule has 0 amide bonds. The summed E-state index contributed by atoms with van der Waals surface area (Å²) in [4.78, 5) is 0. The molecule has 3 heteroatoms. The van der Waals surface area contributed by atoms with E-state index >= 15 is 0 Å². The monoisotopic (exact) mass is 271 g/mol. The van der Waals surface area contributed by atoms with E-state index in [1.165, 1.54) is 5.56 Å². The summed E-state index contributed by atoms with van der Waals surface area (Å²) < 4.78 is 10.5. The Morgan fingerprint density at radius 1 is 1.00 bits per heavy atom. The average molecular weight is 271 g/mol. The molecule has 1 unspecified atom stereocenters. The average Bonchev–Trinajstić information content (AvgIpc) is 2.52. The van der Waals surface area contributed by atoms with Crippen LogP contribution in [0.2, 0.25) is 0 Å². The van der Waals surface area contributed by atoms with Crippen molar-refractivity contribution in [3.05, 3.63) is 65.2 Å². The SMILES string of the molecule is COCCc1ccc(C(N)c2ccccc2OC)cc1. The Hall–Kier alpha value is -1.84. The molecule has 0 bridgehead atoms. The Kier molecular flexibility index (Phi) is 5.16.